The lowest BCUT2D eigenvalue weighted by atomic mass is 10.2. The summed E-state index contributed by atoms with van der Waals surface area (Å²) < 4.78 is 5.57. The summed E-state index contributed by atoms with van der Waals surface area (Å²) in [6.45, 7) is 4.83. The maximum absolute atomic E-state index is 5.57. The van der Waals surface area contributed by atoms with Crippen LogP contribution in [0.1, 0.15) is 25.3 Å². The number of ether oxygens (including phenoxy) is 1. The van der Waals surface area contributed by atoms with E-state index in [1.165, 1.54) is 18.4 Å². The van der Waals surface area contributed by atoms with Crippen LogP contribution in [0.15, 0.2) is 24.3 Å². The normalized spacial score (nSPS) is 15.3. The Labute approximate surface area is 91.6 Å². The van der Waals surface area contributed by atoms with Crippen molar-refractivity contribution in [2.24, 2.45) is 5.92 Å². The molecule has 1 fully saturated rings. The van der Waals surface area contributed by atoms with E-state index in [2.05, 4.69) is 17.4 Å². The minimum atomic E-state index is 0.736. The molecule has 0 amide bonds. The Morgan fingerprint density at radius 1 is 1.33 bits per heavy atom. The largest absolute Gasteiger partial charge is 0.494 e. The van der Waals surface area contributed by atoms with E-state index in [0.717, 1.165) is 31.4 Å². The highest BCUT2D eigenvalue weighted by Gasteiger charge is 2.20. The van der Waals surface area contributed by atoms with Gasteiger partial charge >= 0.3 is 0 Å². The van der Waals surface area contributed by atoms with E-state index in [0.29, 0.717) is 0 Å². The number of benzene rings is 1. The molecule has 0 radical (unpaired) electrons. The molecule has 0 aliphatic heterocycles. The first-order chi connectivity index (χ1) is 7.40. The van der Waals surface area contributed by atoms with Crippen LogP contribution in [0.4, 0.5) is 0 Å². The van der Waals surface area contributed by atoms with Gasteiger partial charge in [-0.1, -0.05) is 18.2 Å². The molecule has 15 heavy (non-hydrogen) atoms. The maximum Gasteiger partial charge on any atom is 0.123 e. The van der Waals surface area contributed by atoms with Crippen molar-refractivity contribution in [3.05, 3.63) is 29.8 Å². The Balaban J connectivity index is 1.86. The Hall–Kier alpha value is -1.02. The molecule has 0 unspecified atom stereocenters. The van der Waals surface area contributed by atoms with Crippen LogP contribution in [-0.2, 0) is 6.54 Å². The molecule has 0 heterocycles. The lowest BCUT2D eigenvalue weighted by molar-refractivity contribution is 0.335. The van der Waals surface area contributed by atoms with Gasteiger partial charge in [0.2, 0.25) is 0 Å². The second-order valence-corrected chi connectivity index (χ2v) is 4.12. The molecule has 1 aliphatic rings. The number of para-hydroxylation sites is 1. The maximum atomic E-state index is 5.57. The van der Waals surface area contributed by atoms with Gasteiger partial charge in [0.15, 0.2) is 0 Å². The van der Waals surface area contributed by atoms with Crippen molar-refractivity contribution in [2.45, 2.75) is 26.3 Å². The fourth-order valence-corrected chi connectivity index (χ4v) is 1.68. The van der Waals surface area contributed by atoms with Gasteiger partial charge in [-0.3, -0.25) is 0 Å². The van der Waals surface area contributed by atoms with E-state index in [9.17, 15) is 0 Å². The third kappa shape index (κ3) is 3.24. The van der Waals surface area contributed by atoms with Crippen molar-refractivity contribution in [3.63, 3.8) is 0 Å². The van der Waals surface area contributed by atoms with Crippen molar-refractivity contribution in [2.75, 3.05) is 13.2 Å². The molecule has 0 saturated heterocycles. The van der Waals surface area contributed by atoms with Crippen LogP contribution < -0.4 is 10.1 Å². The van der Waals surface area contributed by atoms with Crippen LogP contribution in [0, 0.1) is 5.92 Å². The quantitative estimate of drug-likeness (QED) is 0.770. The molecular formula is C13H19NO. The molecule has 0 spiro atoms. The van der Waals surface area contributed by atoms with Gasteiger partial charge in [0, 0.05) is 12.1 Å². The molecule has 1 aromatic carbocycles. The van der Waals surface area contributed by atoms with E-state index < -0.39 is 0 Å². The summed E-state index contributed by atoms with van der Waals surface area (Å²) in [5.74, 6) is 1.95. The molecule has 1 saturated carbocycles. The molecule has 0 atom stereocenters. The number of hydrogen-bond acceptors (Lipinski definition) is 2. The first-order valence-corrected chi connectivity index (χ1v) is 5.81. The monoisotopic (exact) mass is 205 g/mol. The van der Waals surface area contributed by atoms with Crippen LogP contribution in [0.2, 0.25) is 0 Å². The van der Waals surface area contributed by atoms with Gasteiger partial charge in [-0.2, -0.15) is 0 Å². The highest BCUT2D eigenvalue weighted by molar-refractivity contribution is 5.33. The fraction of sp³-hybridized carbons (Fsp3) is 0.538. The topological polar surface area (TPSA) is 21.3 Å². The van der Waals surface area contributed by atoms with E-state index in [1.54, 1.807) is 0 Å². The average Bonchev–Trinajstić information content (AvgIpc) is 3.05. The van der Waals surface area contributed by atoms with Crippen LogP contribution in [0.25, 0.3) is 0 Å². The van der Waals surface area contributed by atoms with Gasteiger partial charge in [0.05, 0.1) is 6.61 Å². The molecule has 82 valence electrons. The summed E-state index contributed by atoms with van der Waals surface area (Å²) in [6, 6.07) is 8.26. The number of hydrogen-bond donors (Lipinski definition) is 1. The van der Waals surface area contributed by atoms with Gasteiger partial charge in [-0.15, -0.1) is 0 Å². The average molecular weight is 205 g/mol. The Morgan fingerprint density at radius 2 is 2.13 bits per heavy atom. The lowest BCUT2D eigenvalue weighted by Gasteiger charge is -2.10. The van der Waals surface area contributed by atoms with Crippen LogP contribution in [-0.4, -0.2) is 13.2 Å². The minimum absolute atomic E-state index is 0.736. The summed E-state index contributed by atoms with van der Waals surface area (Å²) in [5, 5.41) is 3.48. The summed E-state index contributed by atoms with van der Waals surface area (Å²) in [4.78, 5) is 0. The fourth-order valence-electron chi connectivity index (χ4n) is 1.68. The SMILES string of the molecule is CCOc1ccccc1CNCC1CC1. The van der Waals surface area contributed by atoms with Gasteiger partial charge in [0.1, 0.15) is 5.75 Å². The molecule has 1 aromatic rings. The van der Waals surface area contributed by atoms with Gasteiger partial charge in [-0.25, -0.2) is 0 Å². The third-order valence-corrected chi connectivity index (χ3v) is 2.72. The molecule has 2 nitrogen and oxygen atoms in total. The molecule has 2 rings (SSSR count). The summed E-state index contributed by atoms with van der Waals surface area (Å²) in [6.07, 6.45) is 2.81. The summed E-state index contributed by atoms with van der Waals surface area (Å²) >= 11 is 0. The van der Waals surface area contributed by atoms with Crippen molar-refractivity contribution in [3.8, 4) is 5.75 Å². The van der Waals surface area contributed by atoms with Crippen molar-refractivity contribution < 1.29 is 4.74 Å². The Bertz CT molecular complexity index is 307. The Kier molecular flexibility index (Phi) is 3.62. The minimum Gasteiger partial charge on any atom is -0.494 e. The zero-order valence-corrected chi connectivity index (χ0v) is 9.33. The van der Waals surface area contributed by atoms with Crippen LogP contribution in [0.3, 0.4) is 0 Å². The van der Waals surface area contributed by atoms with E-state index in [4.69, 9.17) is 4.74 Å². The van der Waals surface area contributed by atoms with Crippen LogP contribution >= 0.6 is 0 Å². The second kappa shape index (κ2) is 5.17. The third-order valence-electron chi connectivity index (χ3n) is 2.72. The number of nitrogens with one attached hydrogen (secondary N) is 1. The summed E-state index contributed by atoms with van der Waals surface area (Å²) in [7, 11) is 0. The van der Waals surface area contributed by atoms with E-state index >= 15 is 0 Å². The summed E-state index contributed by atoms with van der Waals surface area (Å²) in [5.41, 5.74) is 1.26. The zero-order chi connectivity index (χ0) is 10.5. The molecule has 1 N–H and O–H groups in total. The van der Waals surface area contributed by atoms with Crippen LogP contribution in [0.5, 0.6) is 5.75 Å². The highest BCUT2D eigenvalue weighted by Crippen LogP contribution is 2.27. The van der Waals surface area contributed by atoms with Gasteiger partial charge in [0.25, 0.3) is 0 Å². The van der Waals surface area contributed by atoms with Gasteiger partial charge in [-0.05, 0) is 38.3 Å². The molecule has 0 aromatic heterocycles. The van der Waals surface area contributed by atoms with Crippen molar-refractivity contribution in [1.29, 1.82) is 0 Å². The molecule has 1 aliphatic carbocycles. The predicted octanol–water partition coefficient (Wildman–Crippen LogP) is 2.58. The molecule has 2 heteroatoms. The predicted molar refractivity (Wildman–Crippen MR) is 62.0 cm³/mol. The Morgan fingerprint density at radius 3 is 2.87 bits per heavy atom. The van der Waals surface area contributed by atoms with Gasteiger partial charge < -0.3 is 10.1 Å². The lowest BCUT2D eigenvalue weighted by Crippen LogP contribution is -2.16. The first kappa shape index (κ1) is 10.5. The number of rotatable bonds is 6. The zero-order valence-electron chi connectivity index (χ0n) is 9.33. The molecular weight excluding hydrogens is 186 g/mol. The standard InChI is InChI=1S/C13H19NO/c1-2-15-13-6-4-3-5-12(13)10-14-9-11-7-8-11/h3-6,11,14H,2,7-10H2,1H3. The van der Waals surface area contributed by atoms with E-state index in [-0.39, 0.29) is 0 Å². The van der Waals surface area contributed by atoms with Crippen molar-refractivity contribution >= 4 is 0 Å². The first-order valence-electron chi connectivity index (χ1n) is 5.81. The molecule has 0 bridgehead atoms. The van der Waals surface area contributed by atoms with Crippen molar-refractivity contribution in [1.82, 2.24) is 5.32 Å². The smallest absolute Gasteiger partial charge is 0.123 e. The highest BCUT2D eigenvalue weighted by atomic mass is 16.5. The second-order valence-electron chi connectivity index (χ2n) is 4.12. The van der Waals surface area contributed by atoms with E-state index in [1.807, 2.05) is 19.1 Å².